The first kappa shape index (κ1) is 15.1. The van der Waals surface area contributed by atoms with Gasteiger partial charge in [-0.2, -0.15) is 0 Å². The molecule has 108 valence electrons. The van der Waals surface area contributed by atoms with Crippen LogP contribution in [0.5, 0.6) is 0 Å². The molecular weight excluding hydrogens is 296 g/mol. The highest BCUT2D eigenvalue weighted by Gasteiger charge is 2.21. The number of rotatable bonds is 4. The Morgan fingerprint density at radius 3 is 2.75 bits per heavy atom. The molecule has 4 N–H and O–H groups in total. The Labute approximate surface area is 126 Å². The van der Waals surface area contributed by atoms with Gasteiger partial charge in [0, 0.05) is 10.1 Å². The van der Waals surface area contributed by atoms with Crippen molar-refractivity contribution in [2.45, 2.75) is 19.9 Å². The van der Waals surface area contributed by atoms with Crippen LogP contribution < -0.4 is 11.1 Å². The highest BCUT2D eigenvalue weighted by molar-refractivity contribution is 7.21. The molecule has 1 amide bonds. The molecule has 1 aromatic carbocycles. The second-order valence-corrected chi connectivity index (χ2v) is 6.42. The number of carbonyl (C=O) groups excluding carboxylic acids is 1. The fourth-order valence-electron chi connectivity index (χ4n) is 1.95. The average molecular weight is 313 g/mol. The van der Waals surface area contributed by atoms with Gasteiger partial charge in [0.1, 0.15) is 4.88 Å². The van der Waals surface area contributed by atoms with E-state index in [1.54, 1.807) is 6.07 Å². The highest BCUT2D eigenvalue weighted by atomic mass is 35.5. The number of thiophene rings is 1. The Kier molecular flexibility index (Phi) is 4.52. The van der Waals surface area contributed by atoms with Gasteiger partial charge < -0.3 is 16.2 Å². The molecule has 1 aromatic heterocycles. The number of fused-ring (bicyclic) bond motifs is 1. The molecule has 1 heterocycles. The molecule has 0 saturated carbocycles. The molecule has 1 atom stereocenters. The van der Waals surface area contributed by atoms with Crippen molar-refractivity contribution < 1.29 is 9.90 Å². The average Bonchev–Trinajstić information content (AvgIpc) is 2.74. The van der Waals surface area contributed by atoms with Crippen molar-refractivity contribution >= 4 is 44.6 Å². The molecule has 0 aliphatic heterocycles. The van der Waals surface area contributed by atoms with E-state index in [1.165, 1.54) is 11.3 Å². The lowest BCUT2D eigenvalue weighted by atomic mass is 10.1. The summed E-state index contributed by atoms with van der Waals surface area (Å²) in [5, 5.41) is 13.3. The summed E-state index contributed by atoms with van der Waals surface area (Å²) in [5.41, 5.74) is 6.43. The fourth-order valence-corrected chi connectivity index (χ4v) is 3.34. The Balaban J connectivity index is 2.36. The molecule has 6 heteroatoms. The number of aliphatic hydroxyl groups excluding tert-OH is 1. The van der Waals surface area contributed by atoms with Crippen LogP contribution in [0.1, 0.15) is 23.5 Å². The van der Waals surface area contributed by atoms with Gasteiger partial charge in [-0.3, -0.25) is 4.79 Å². The maximum Gasteiger partial charge on any atom is 0.263 e. The third-order valence-electron chi connectivity index (χ3n) is 3.23. The van der Waals surface area contributed by atoms with Crippen LogP contribution in [0.25, 0.3) is 10.1 Å². The highest BCUT2D eigenvalue weighted by Crippen LogP contribution is 2.37. The molecular formula is C14H17ClN2O2S. The normalized spacial score (nSPS) is 12.8. The van der Waals surface area contributed by atoms with Gasteiger partial charge in [0.2, 0.25) is 0 Å². The number of amides is 1. The molecule has 0 bridgehead atoms. The number of carbonyl (C=O) groups is 1. The number of nitrogens with two attached hydrogens (primary N) is 1. The summed E-state index contributed by atoms with van der Waals surface area (Å²) in [6, 6.07) is 5.17. The van der Waals surface area contributed by atoms with Gasteiger partial charge in [0.15, 0.2) is 0 Å². The third kappa shape index (κ3) is 2.75. The van der Waals surface area contributed by atoms with Gasteiger partial charge in [0.05, 0.1) is 23.4 Å². The second kappa shape index (κ2) is 5.99. The molecule has 2 aromatic rings. The predicted octanol–water partition coefficient (Wildman–Crippen LogP) is 2.88. The molecule has 20 heavy (non-hydrogen) atoms. The van der Waals surface area contributed by atoms with Crippen molar-refractivity contribution in [1.29, 1.82) is 0 Å². The summed E-state index contributed by atoms with van der Waals surface area (Å²) in [6.45, 7) is 3.77. The molecule has 0 aliphatic carbocycles. The van der Waals surface area contributed by atoms with E-state index in [-0.39, 0.29) is 24.5 Å². The second-order valence-electron chi connectivity index (χ2n) is 4.96. The smallest absolute Gasteiger partial charge is 0.263 e. The monoisotopic (exact) mass is 312 g/mol. The van der Waals surface area contributed by atoms with Crippen molar-refractivity contribution in [2.75, 3.05) is 12.3 Å². The van der Waals surface area contributed by atoms with Crippen molar-refractivity contribution in [1.82, 2.24) is 5.32 Å². The number of hydrogen-bond donors (Lipinski definition) is 3. The SMILES string of the molecule is CC(C)[C@@H](CO)NC(=O)c1sc2cccc(Cl)c2c1N. The quantitative estimate of drug-likeness (QED) is 0.812. The van der Waals surface area contributed by atoms with E-state index in [1.807, 2.05) is 26.0 Å². The standard InChI is InChI=1S/C14H17ClN2O2S/c1-7(2)9(6-18)17-14(19)13-12(16)11-8(15)4-3-5-10(11)20-13/h3-5,7,9,18H,6,16H2,1-2H3,(H,17,19)/t9-/m1/s1. The number of benzene rings is 1. The van der Waals surface area contributed by atoms with E-state index in [2.05, 4.69) is 5.32 Å². The molecule has 0 spiro atoms. The minimum Gasteiger partial charge on any atom is -0.397 e. The van der Waals surface area contributed by atoms with E-state index < -0.39 is 0 Å². The van der Waals surface area contributed by atoms with Gasteiger partial charge in [-0.25, -0.2) is 0 Å². The molecule has 0 aliphatic rings. The van der Waals surface area contributed by atoms with E-state index in [0.29, 0.717) is 15.6 Å². The third-order valence-corrected chi connectivity index (χ3v) is 4.71. The Bertz CT molecular complexity index is 639. The van der Waals surface area contributed by atoms with Crippen LogP contribution in [0, 0.1) is 5.92 Å². The zero-order valence-electron chi connectivity index (χ0n) is 11.3. The van der Waals surface area contributed by atoms with Crippen molar-refractivity contribution in [2.24, 2.45) is 5.92 Å². The van der Waals surface area contributed by atoms with Crippen molar-refractivity contribution in [3.8, 4) is 0 Å². The number of aliphatic hydroxyl groups is 1. The summed E-state index contributed by atoms with van der Waals surface area (Å²) in [6.07, 6.45) is 0. The summed E-state index contributed by atoms with van der Waals surface area (Å²) in [4.78, 5) is 12.7. The Morgan fingerprint density at radius 1 is 1.50 bits per heavy atom. The maximum atomic E-state index is 12.3. The molecule has 0 saturated heterocycles. The fraction of sp³-hybridized carbons (Fsp3) is 0.357. The number of anilines is 1. The lowest BCUT2D eigenvalue weighted by Crippen LogP contribution is -2.41. The van der Waals surface area contributed by atoms with Gasteiger partial charge in [-0.15, -0.1) is 11.3 Å². The minimum atomic E-state index is -0.289. The van der Waals surface area contributed by atoms with Crippen molar-refractivity contribution in [3.05, 3.63) is 28.1 Å². The number of nitrogens with one attached hydrogen (secondary N) is 1. The van der Waals surface area contributed by atoms with Crippen LogP contribution >= 0.6 is 22.9 Å². The number of hydrogen-bond acceptors (Lipinski definition) is 4. The summed E-state index contributed by atoms with van der Waals surface area (Å²) >= 11 is 7.43. The topological polar surface area (TPSA) is 75.3 Å². The first-order valence-electron chi connectivity index (χ1n) is 6.34. The molecule has 0 fully saturated rings. The Morgan fingerprint density at radius 2 is 2.20 bits per heavy atom. The molecule has 0 unspecified atom stereocenters. The maximum absolute atomic E-state index is 12.3. The summed E-state index contributed by atoms with van der Waals surface area (Å²) in [5.74, 6) is -0.129. The van der Waals surface area contributed by atoms with Gasteiger partial charge in [-0.05, 0) is 18.1 Å². The lowest BCUT2D eigenvalue weighted by molar-refractivity contribution is 0.0902. The van der Waals surface area contributed by atoms with E-state index in [4.69, 9.17) is 17.3 Å². The zero-order chi connectivity index (χ0) is 14.9. The van der Waals surface area contributed by atoms with Crippen LogP contribution in [0.3, 0.4) is 0 Å². The first-order chi connectivity index (χ1) is 9.45. The van der Waals surface area contributed by atoms with Gasteiger partial charge in [0.25, 0.3) is 5.91 Å². The predicted molar refractivity (Wildman–Crippen MR) is 84.4 cm³/mol. The van der Waals surface area contributed by atoms with Gasteiger partial charge >= 0.3 is 0 Å². The van der Waals surface area contributed by atoms with Crippen molar-refractivity contribution in [3.63, 3.8) is 0 Å². The van der Waals surface area contributed by atoms with Crippen LogP contribution in [-0.2, 0) is 0 Å². The molecule has 2 rings (SSSR count). The zero-order valence-corrected chi connectivity index (χ0v) is 12.9. The first-order valence-corrected chi connectivity index (χ1v) is 7.53. The molecule has 0 radical (unpaired) electrons. The van der Waals surface area contributed by atoms with Crippen LogP contribution in [0.4, 0.5) is 5.69 Å². The largest absolute Gasteiger partial charge is 0.397 e. The number of nitrogen functional groups attached to an aromatic ring is 1. The van der Waals surface area contributed by atoms with E-state index in [9.17, 15) is 9.90 Å². The number of halogens is 1. The van der Waals surface area contributed by atoms with E-state index in [0.717, 1.165) is 10.1 Å². The van der Waals surface area contributed by atoms with E-state index >= 15 is 0 Å². The van der Waals surface area contributed by atoms with Crippen LogP contribution in [-0.4, -0.2) is 23.7 Å². The van der Waals surface area contributed by atoms with Gasteiger partial charge in [-0.1, -0.05) is 31.5 Å². The Hall–Kier alpha value is -1.30. The minimum absolute atomic E-state index is 0.102. The molecule has 4 nitrogen and oxygen atoms in total. The lowest BCUT2D eigenvalue weighted by Gasteiger charge is -2.19. The van der Waals surface area contributed by atoms with Crippen LogP contribution in [0.2, 0.25) is 5.02 Å². The van der Waals surface area contributed by atoms with Crippen LogP contribution in [0.15, 0.2) is 18.2 Å². The summed E-state index contributed by atoms with van der Waals surface area (Å²) in [7, 11) is 0. The summed E-state index contributed by atoms with van der Waals surface area (Å²) < 4.78 is 0.880.